The molecular formula is C36H24N2O6. The molecule has 8 nitrogen and oxygen atoms in total. The Bertz CT molecular complexity index is 2050. The summed E-state index contributed by atoms with van der Waals surface area (Å²) in [5.74, 6) is 0.643. The molecule has 2 aliphatic heterocycles. The summed E-state index contributed by atoms with van der Waals surface area (Å²) < 4.78 is 12.1. The monoisotopic (exact) mass is 580 g/mol. The number of hydrogen-bond acceptors (Lipinski definition) is 6. The molecule has 0 bridgehead atoms. The van der Waals surface area contributed by atoms with Crippen molar-refractivity contribution in [1.29, 1.82) is 0 Å². The van der Waals surface area contributed by atoms with Gasteiger partial charge in [-0.3, -0.25) is 24.1 Å². The van der Waals surface area contributed by atoms with Crippen molar-refractivity contribution in [3.63, 3.8) is 0 Å². The van der Waals surface area contributed by atoms with E-state index >= 15 is 0 Å². The minimum absolute atomic E-state index is 0.250. The second-order valence-corrected chi connectivity index (χ2v) is 10.6. The number of hydrogen-bond donors (Lipinski definition) is 0. The molecule has 0 unspecified atom stereocenters. The molecule has 5 aromatic carbocycles. The van der Waals surface area contributed by atoms with E-state index in [1.54, 1.807) is 72.8 Å². The third-order valence-corrected chi connectivity index (χ3v) is 7.65. The van der Waals surface area contributed by atoms with Gasteiger partial charge in [-0.05, 0) is 84.3 Å². The SMILES string of the molecule is Cc1cccc(Oc2cccc(Oc3cccc(N4C(=O)c5ccc(-c6ccc7c(c6)C(=O)N(C)C7=O)cc5C4=O)c3)c2)c1. The Balaban J connectivity index is 1.13. The molecule has 0 saturated carbocycles. The standard InChI is InChI=1S/C36H24N2O6/c1-21-6-3-8-25(16-21)43-27-10-5-11-28(20-27)44-26-9-4-7-24(19-26)38-35(41)30-15-13-23(18-32(30)36(38)42)22-12-14-29-31(17-22)34(40)37(2)33(29)39/h3-20H,1-2H3. The quantitative estimate of drug-likeness (QED) is 0.196. The van der Waals surface area contributed by atoms with E-state index in [4.69, 9.17) is 9.47 Å². The molecule has 7 rings (SSSR count). The lowest BCUT2D eigenvalue weighted by Crippen LogP contribution is -2.29. The van der Waals surface area contributed by atoms with E-state index in [1.807, 2.05) is 43.3 Å². The van der Waals surface area contributed by atoms with Crippen LogP contribution in [0, 0.1) is 6.92 Å². The van der Waals surface area contributed by atoms with Crippen LogP contribution in [-0.2, 0) is 0 Å². The smallest absolute Gasteiger partial charge is 0.266 e. The maximum Gasteiger partial charge on any atom is 0.266 e. The molecule has 0 atom stereocenters. The number of imide groups is 2. The van der Waals surface area contributed by atoms with Gasteiger partial charge in [0.1, 0.15) is 23.0 Å². The van der Waals surface area contributed by atoms with E-state index in [1.165, 1.54) is 7.05 Å². The number of rotatable bonds is 6. The maximum absolute atomic E-state index is 13.6. The second kappa shape index (κ2) is 10.4. The number of fused-ring (bicyclic) bond motifs is 2. The van der Waals surface area contributed by atoms with Gasteiger partial charge in [-0.2, -0.15) is 0 Å². The Labute approximate surface area is 252 Å². The van der Waals surface area contributed by atoms with Crippen molar-refractivity contribution in [3.8, 4) is 34.1 Å². The third kappa shape index (κ3) is 4.59. The summed E-state index contributed by atoms with van der Waals surface area (Å²) in [5, 5.41) is 0. The van der Waals surface area contributed by atoms with Gasteiger partial charge in [0.15, 0.2) is 0 Å². The average molecular weight is 581 g/mol. The van der Waals surface area contributed by atoms with Crippen molar-refractivity contribution in [1.82, 2.24) is 4.90 Å². The highest BCUT2D eigenvalue weighted by molar-refractivity contribution is 6.34. The van der Waals surface area contributed by atoms with Gasteiger partial charge < -0.3 is 9.47 Å². The van der Waals surface area contributed by atoms with E-state index < -0.39 is 11.8 Å². The highest BCUT2D eigenvalue weighted by atomic mass is 16.5. The van der Waals surface area contributed by atoms with E-state index in [2.05, 4.69) is 0 Å². The molecule has 0 N–H and O–H groups in total. The lowest BCUT2D eigenvalue weighted by molar-refractivity contribution is 0.0692. The van der Waals surface area contributed by atoms with Gasteiger partial charge in [-0.25, -0.2) is 4.90 Å². The largest absolute Gasteiger partial charge is 0.457 e. The first-order valence-corrected chi connectivity index (χ1v) is 13.9. The first kappa shape index (κ1) is 26.9. The van der Waals surface area contributed by atoms with Gasteiger partial charge in [-0.15, -0.1) is 0 Å². The van der Waals surface area contributed by atoms with Crippen LogP contribution in [-0.4, -0.2) is 35.6 Å². The van der Waals surface area contributed by atoms with Crippen LogP contribution >= 0.6 is 0 Å². The van der Waals surface area contributed by atoms with Crippen molar-refractivity contribution in [3.05, 3.63) is 137 Å². The Kier molecular flexibility index (Phi) is 6.32. The van der Waals surface area contributed by atoms with Crippen LogP contribution < -0.4 is 14.4 Å². The predicted octanol–water partition coefficient (Wildman–Crippen LogP) is 7.27. The Morgan fingerprint density at radius 2 is 0.955 bits per heavy atom. The highest BCUT2D eigenvalue weighted by Crippen LogP contribution is 2.36. The number of aryl methyl sites for hydroxylation is 1. The maximum atomic E-state index is 13.6. The van der Waals surface area contributed by atoms with E-state index in [9.17, 15) is 19.2 Å². The van der Waals surface area contributed by atoms with Gasteiger partial charge in [0, 0.05) is 19.2 Å². The number of anilines is 1. The van der Waals surface area contributed by atoms with Gasteiger partial charge in [0.25, 0.3) is 23.6 Å². The van der Waals surface area contributed by atoms with Gasteiger partial charge in [-0.1, -0.05) is 36.4 Å². The van der Waals surface area contributed by atoms with Crippen molar-refractivity contribution in [2.24, 2.45) is 0 Å². The topological polar surface area (TPSA) is 93.2 Å². The zero-order valence-electron chi connectivity index (χ0n) is 23.7. The molecule has 2 aliphatic rings. The first-order chi connectivity index (χ1) is 21.3. The number of benzene rings is 5. The van der Waals surface area contributed by atoms with Crippen LogP contribution in [0.2, 0.25) is 0 Å². The summed E-state index contributed by atoms with van der Waals surface area (Å²) in [6.45, 7) is 1.99. The lowest BCUT2D eigenvalue weighted by atomic mass is 9.97. The molecule has 0 aromatic heterocycles. The average Bonchev–Trinajstić information content (AvgIpc) is 3.40. The van der Waals surface area contributed by atoms with E-state index in [-0.39, 0.29) is 22.9 Å². The summed E-state index contributed by atoms with van der Waals surface area (Å²) in [7, 11) is 1.44. The molecule has 5 aromatic rings. The van der Waals surface area contributed by atoms with Crippen LogP contribution in [0.1, 0.15) is 47.0 Å². The highest BCUT2D eigenvalue weighted by Gasteiger charge is 2.37. The molecule has 44 heavy (non-hydrogen) atoms. The van der Waals surface area contributed by atoms with E-state index in [0.29, 0.717) is 50.9 Å². The molecule has 0 radical (unpaired) electrons. The predicted molar refractivity (Wildman–Crippen MR) is 164 cm³/mol. The van der Waals surface area contributed by atoms with E-state index in [0.717, 1.165) is 15.4 Å². The fraction of sp³-hybridized carbons (Fsp3) is 0.0556. The fourth-order valence-electron chi connectivity index (χ4n) is 5.43. The molecule has 0 aliphatic carbocycles. The summed E-state index contributed by atoms with van der Waals surface area (Å²) in [6, 6.07) is 31.7. The van der Waals surface area contributed by atoms with Crippen LogP contribution in [0.15, 0.2) is 109 Å². The lowest BCUT2D eigenvalue weighted by Gasteiger charge is -2.15. The van der Waals surface area contributed by atoms with Crippen LogP contribution in [0.4, 0.5) is 5.69 Å². The minimum atomic E-state index is -0.468. The van der Waals surface area contributed by atoms with Crippen LogP contribution in [0.3, 0.4) is 0 Å². The van der Waals surface area contributed by atoms with Gasteiger partial charge >= 0.3 is 0 Å². The third-order valence-electron chi connectivity index (χ3n) is 7.65. The second-order valence-electron chi connectivity index (χ2n) is 10.6. The zero-order chi connectivity index (χ0) is 30.5. The number of carbonyl (C=O) groups is 4. The van der Waals surface area contributed by atoms with Gasteiger partial charge in [0.2, 0.25) is 0 Å². The number of nitrogens with zero attached hydrogens (tertiary/aromatic N) is 2. The molecule has 8 heteroatoms. The normalized spacial score (nSPS) is 13.8. The molecule has 214 valence electrons. The minimum Gasteiger partial charge on any atom is -0.457 e. The fourth-order valence-corrected chi connectivity index (χ4v) is 5.43. The van der Waals surface area contributed by atoms with Crippen molar-refractivity contribution in [2.75, 3.05) is 11.9 Å². The first-order valence-electron chi connectivity index (χ1n) is 13.9. The number of ether oxygens (including phenoxy) is 2. The molecular weight excluding hydrogens is 556 g/mol. The van der Waals surface area contributed by atoms with Crippen LogP contribution in [0.5, 0.6) is 23.0 Å². The van der Waals surface area contributed by atoms with Gasteiger partial charge in [0.05, 0.1) is 27.9 Å². The number of amides is 4. The van der Waals surface area contributed by atoms with Crippen molar-refractivity contribution in [2.45, 2.75) is 6.92 Å². The summed E-state index contributed by atoms with van der Waals surface area (Å²) >= 11 is 0. The van der Waals surface area contributed by atoms with Crippen molar-refractivity contribution < 1.29 is 28.7 Å². The molecule has 2 heterocycles. The summed E-state index contributed by atoms with van der Waals surface area (Å²) in [4.78, 5) is 53.9. The summed E-state index contributed by atoms with van der Waals surface area (Å²) in [5.41, 5.74) is 3.93. The molecule has 0 fully saturated rings. The summed E-state index contributed by atoms with van der Waals surface area (Å²) in [6.07, 6.45) is 0. The molecule has 0 saturated heterocycles. The van der Waals surface area contributed by atoms with Crippen molar-refractivity contribution >= 4 is 29.3 Å². The molecule has 0 spiro atoms. The van der Waals surface area contributed by atoms with Crippen LogP contribution in [0.25, 0.3) is 11.1 Å². The number of carbonyl (C=O) groups excluding carboxylic acids is 4. The Morgan fingerprint density at radius 1 is 0.477 bits per heavy atom. The zero-order valence-corrected chi connectivity index (χ0v) is 23.7. The Morgan fingerprint density at radius 3 is 1.59 bits per heavy atom. The Hall–Kier alpha value is -6.02. The molecule has 4 amide bonds.